The van der Waals surface area contributed by atoms with Gasteiger partial charge in [-0.3, -0.25) is 0 Å². The molecule has 0 amide bonds. The molecule has 0 aliphatic heterocycles. The summed E-state index contributed by atoms with van der Waals surface area (Å²) in [5.41, 5.74) is 13.5. The lowest BCUT2D eigenvalue weighted by Gasteiger charge is -2.31. The fraction of sp³-hybridized carbons (Fsp3) is 0. The molecule has 2 aromatic heterocycles. The lowest BCUT2D eigenvalue weighted by atomic mass is 9.94. The highest BCUT2D eigenvalue weighted by Gasteiger charge is 2.26. The van der Waals surface area contributed by atoms with E-state index < -0.39 is 0 Å². The molecule has 0 saturated carbocycles. The molecule has 61 heavy (non-hydrogen) atoms. The van der Waals surface area contributed by atoms with Crippen molar-refractivity contribution in [3.05, 3.63) is 224 Å². The minimum atomic E-state index is 0.602. The molecule has 12 aromatic rings. The van der Waals surface area contributed by atoms with E-state index in [2.05, 4.69) is 198 Å². The summed E-state index contributed by atoms with van der Waals surface area (Å²) >= 11 is 0. The minimum absolute atomic E-state index is 0.602. The first kappa shape index (κ1) is 34.8. The molecule has 0 bridgehead atoms. The molecular weight excluding hydrogens is 743 g/mol. The molecule has 0 unspecified atom stereocenters. The number of nitrogens with zero attached hydrogens (tertiary/aromatic N) is 3. The van der Waals surface area contributed by atoms with Crippen molar-refractivity contribution in [2.45, 2.75) is 0 Å². The molecule has 0 radical (unpaired) electrons. The van der Waals surface area contributed by atoms with Gasteiger partial charge in [0.15, 0.2) is 5.58 Å². The monoisotopic (exact) mass is 779 g/mol. The molecule has 0 N–H and O–H groups in total. The van der Waals surface area contributed by atoms with Crippen LogP contribution in [0.25, 0.3) is 93.8 Å². The first-order chi connectivity index (χ1) is 30.3. The summed E-state index contributed by atoms with van der Waals surface area (Å²) in [6, 6.07) is 80.0. The molecule has 10 aromatic carbocycles. The van der Waals surface area contributed by atoms with Crippen molar-refractivity contribution in [3.63, 3.8) is 0 Å². The fourth-order valence-electron chi connectivity index (χ4n) is 9.35. The van der Waals surface area contributed by atoms with Gasteiger partial charge in [-0.1, -0.05) is 170 Å². The van der Waals surface area contributed by atoms with Gasteiger partial charge in [0.2, 0.25) is 5.89 Å². The summed E-state index contributed by atoms with van der Waals surface area (Å²) < 4.78 is 9.13. The number of hydrogen-bond acceptors (Lipinski definition) is 3. The summed E-state index contributed by atoms with van der Waals surface area (Å²) in [6.07, 6.45) is 0. The Morgan fingerprint density at radius 3 is 1.74 bits per heavy atom. The molecule has 286 valence electrons. The highest BCUT2D eigenvalue weighted by molar-refractivity contribution is 6.25. The van der Waals surface area contributed by atoms with E-state index in [1.54, 1.807) is 0 Å². The third kappa shape index (κ3) is 5.65. The average Bonchev–Trinajstić information content (AvgIpc) is 3.93. The number of hydrogen-bond donors (Lipinski definition) is 0. The van der Waals surface area contributed by atoms with Gasteiger partial charge in [0, 0.05) is 43.9 Å². The van der Waals surface area contributed by atoms with Crippen LogP contribution in [-0.4, -0.2) is 9.55 Å². The molecule has 0 fully saturated rings. The van der Waals surface area contributed by atoms with Crippen LogP contribution in [0.3, 0.4) is 0 Å². The van der Waals surface area contributed by atoms with Crippen LogP contribution in [0.2, 0.25) is 0 Å². The number of benzene rings is 10. The first-order valence-electron chi connectivity index (χ1n) is 20.7. The van der Waals surface area contributed by atoms with Crippen LogP contribution in [0.15, 0.2) is 229 Å². The topological polar surface area (TPSA) is 34.2 Å². The molecule has 4 nitrogen and oxygen atoms in total. The molecule has 0 atom stereocenters. The summed E-state index contributed by atoms with van der Waals surface area (Å²) in [5, 5.41) is 7.13. The Hall–Kier alpha value is -8.21. The molecule has 0 aliphatic carbocycles. The predicted octanol–water partition coefficient (Wildman–Crippen LogP) is 15.7. The van der Waals surface area contributed by atoms with Crippen molar-refractivity contribution in [2.24, 2.45) is 0 Å². The van der Waals surface area contributed by atoms with Crippen molar-refractivity contribution in [3.8, 4) is 39.4 Å². The van der Waals surface area contributed by atoms with E-state index in [9.17, 15) is 0 Å². The second-order valence-electron chi connectivity index (χ2n) is 15.5. The Balaban J connectivity index is 1.20. The number of para-hydroxylation sites is 4. The van der Waals surface area contributed by atoms with E-state index in [0.29, 0.717) is 5.89 Å². The third-order valence-corrected chi connectivity index (χ3v) is 12.0. The second kappa shape index (κ2) is 14.3. The molecular formula is C57H37N3O. The van der Waals surface area contributed by atoms with Gasteiger partial charge in [-0.2, -0.15) is 0 Å². The number of fused-ring (bicyclic) bond motifs is 7. The Morgan fingerprint density at radius 2 is 0.967 bits per heavy atom. The highest BCUT2D eigenvalue weighted by atomic mass is 16.3. The second-order valence-corrected chi connectivity index (χ2v) is 15.5. The molecule has 0 spiro atoms. The van der Waals surface area contributed by atoms with Crippen LogP contribution in [0.5, 0.6) is 0 Å². The van der Waals surface area contributed by atoms with Gasteiger partial charge in [-0.25, -0.2) is 4.98 Å². The third-order valence-electron chi connectivity index (χ3n) is 12.0. The summed E-state index contributed by atoms with van der Waals surface area (Å²) in [5.74, 6) is 0.602. The number of rotatable bonds is 7. The smallest absolute Gasteiger partial charge is 0.227 e. The maximum atomic E-state index is 6.71. The normalized spacial score (nSPS) is 11.6. The van der Waals surface area contributed by atoms with Crippen molar-refractivity contribution in [2.75, 3.05) is 4.90 Å². The number of aromatic nitrogens is 2. The van der Waals surface area contributed by atoms with Crippen LogP contribution < -0.4 is 4.90 Å². The van der Waals surface area contributed by atoms with Crippen molar-refractivity contribution >= 4 is 71.5 Å². The summed E-state index contributed by atoms with van der Waals surface area (Å²) in [4.78, 5) is 7.47. The summed E-state index contributed by atoms with van der Waals surface area (Å²) in [6.45, 7) is 0. The van der Waals surface area contributed by atoms with Gasteiger partial charge in [-0.15, -0.1) is 0 Å². The molecule has 0 aliphatic rings. The molecule has 4 heteroatoms. The number of oxazole rings is 1. The van der Waals surface area contributed by atoms with Gasteiger partial charge < -0.3 is 13.9 Å². The van der Waals surface area contributed by atoms with Gasteiger partial charge in [-0.05, 0) is 76.5 Å². The Kier molecular flexibility index (Phi) is 8.13. The predicted molar refractivity (Wildman–Crippen MR) is 254 cm³/mol. The van der Waals surface area contributed by atoms with Crippen molar-refractivity contribution in [1.82, 2.24) is 9.55 Å². The minimum Gasteiger partial charge on any atom is -0.435 e. The largest absolute Gasteiger partial charge is 0.435 e. The van der Waals surface area contributed by atoms with Crippen LogP contribution in [0.1, 0.15) is 0 Å². The first-order valence-corrected chi connectivity index (χ1v) is 20.7. The van der Waals surface area contributed by atoms with E-state index >= 15 is 0 Å². The Bertz CT molecular complexity index is 3590. The van der Waals surface area contributed by atoms with Crippen molar-refractivity contribution in [1.29, 1.82) is 0 Å². The van der Waals surface area contributed by atoms with E-state index in [1.165, 1.54) is 38.2 Å². The average molecular weight is 780 g/mol. The van der Waals surface area contributed by atoms with Crippen LogP contribution in [-0.2, 0) is 0 Å². The summed E-state index contributed by atoms with van der Waals surface area (Å²) in [7, 11) is 0. The molecule has 0 saturated heterocycles. The quantitative estimate of drug-likeness (QED) is 0.162. The maximum absolute atomic E-state index is 6.71. The van der Waals surface area contributed by atoms with Gasteiger partial charge in [0.05, 0.1) is 28.1 Å². The van der Waals surface area contributed by atoms with Gasteiger partial charge in [0.25, 0.3) is 0 Å². The molecule has 12 rings (SSSR count). The van der Waals surface area contributed by atoms with Crippen LogP contribution in [0, 0.1) is 0 Å². The fourth-order valence-corrected chi connectivity index (χ4v) is 9.35. The standard InChI is InChI=1S/C57H37N3O/c1-4-19-38(20-5-1)41-35-36-52(43-26-11-10-25-42(41)43)60(50-33-16-14-28-45(50)47-31-18-32-49-56(47)61-57(58-49)39-21-6-2-7-22-39)53-37-54-55(46-29-13-12-27-44(46)53)48-30-15-17-34-51(48)59(54)40-23-8-3-9-24-40/h1-37H. The van der Waals surface area contributed by atoms with Crippen molar-refractivity contribution < 1.29 is 4.42 Å². The zero-order valence-corrected chi connectivity index (χ0v) is 33.1. The Morgan fingerprint density at radius 1 is 0.377 bits per heavy atom. The van der Waals surface area contributed by atoms with Gasteiger partial charge >= 0.3 is 0 Å². The van der Waals surface area contributed by atoms with Gasteiger partial charge in [0.1, 0.15) is 5.52 Å². The van der Waals surface area contributed by atoms with E-state index in [0.717, 1.165) is 66.8 Å². The van der Waals surface area contributed by atoms with E-state index in [4.69, 9.17) is 9.40 Å². The van der Waals surface area contributed by atoms with E-state index in [1.807, 2.05) is 36.4 Å². The zero-order valence-electron chi connectivity index (χ0n) is 33.1. The lowest BCUT2D eigenvalue weighted by Crippen LogP contribution is -2.13. The highest BCUT2D eigenvalue weighted by Crippen LogP contribution is 2.50. The lowest BCUT2D eigenvalue weighted by molar-refractivity contribution is 0.621. The zero-order chi connectivity index (χ0) is 40.3. The van der Waals surface area contributed by atoms with E-state index in [-0.39, 0.29) is 0 Å². The maximum Gasteiger partial charge on any atom is 0.227 e. The van der Waals surface area contributed by atoms with Crippen LogP contribution >= 0.6 is 0 Å². The molecule has 2 heterocycles. The Labute approximate surface area is 352 Å². The van der Waals surface area contributed by atoms with Crippen LogP contribution in [0.4, 0.5) is 17.1 Å². The number of anilines is 3. The SMILES string of the molecule is c1ccc(-c2nc3cccc(-c4ccccc4N(c4ccc(-c5ccccc5)c5ccccc45)c4cc5c(c6ccccc46)c4ccccc4n5-c4ccccc4)c3o2)cc1.